The topological polar surface area (TPSA) is 28.1 Å². The van der Waals surface area contributed by atoms with Gasteiger partial charge in [0.05, 0.1) is 17.1 Å². The second kappa shape index (κ2) is 9.73. The van der Waals surface area contributed by atoms with E-state index < -0.39 is 0 Å². The van der Waals surface area contributed by atoms with Crippen LogP contribution in [0.1, 0.15) is 86.2 Å². The highest BCUT2D eigenvalue weighted by Gasteiger charge is 2.24. The number of aromatic nitrogens is 1. The number of aromatic amines is 1. The molecule has 0 saturated heterocycles. The normalized spacial score (nSPS) is 14.5. The molecule has 0 bridgehead atoms. The highest BCUT2D eigenvalue weighted by Crippen LogP contribution is 2.39. The lowest BCUT2D eigenvalue weighted by atomic mass is 9.84. The standard InChI is InChI=1S/C39H40N2/c1-24-21-26(38(3,4)5)17-19-28(24)36-32-15-11-9-13-30(32)34(40-36)23-35-31-14-10-12-16-33(31)37(41-35)29-20-18-27(22-25(29)2)39(6,7)8/h9-23,40H,1-8H3. The van der Waals surface area contributed by atoms with Crippen molar-refractivity contribution < 1.29 is 0 Å². The van der Waals surface area contributed by atoms with Crippen molar-refractivity contribution in [1.82, 2.24) is 4.98 Å². The molecule has 1 N–H and O–H groups in total. The van der Waals surface area contributed by atoms with Crippen molar-refractivity contribution in [2.45, 2.75) is 66.2 Å². The van der Waals surface area contributed by atoms with E-state index in [1.165, 1.54) is 55.3 Å². The Hall–Kier alpha value is -4.17. The molecular weight excluding hydrogens is 496 g/mol. The Morgan fingerprint density at radius 3 is 1.71 bits per heavy atom. The Bertz CT molecular complexity index is 1860. The van der Waals surface area contributed by atoms with Gasteiger partial charge in [0, 0.05) is 38.7 Å². The van der Waals surface area contributed by atoms with Crippen LogP contribution < -0.4 is 0 Å². The fourth-order valence-electron chi connectivity index (χ4n) is 5.94. The lowest BCUT2D eigenvalue weighted by molar-refractivity contribution is 0.589. The molecule has 2 heterocycles. The predicted octanol–water partition coefficient (Wildman–Crippen LogP) is 10.4. The first-order valence-corrected chi connectivity index (χ1v) is 14.7. The number of benzene rings is 4. The Morgan fingerprint density at radius 2 is 1.12 bits per heavy atom. The second-order valence-electron chi connectivity index (χ2n) is 13.6. The van der Waals surface area contributed by atoms with Crippen LogP contribution in [0.4, 0.5) is 0 Å². The van der Waals surface area contributed by atoms with Gasteiger partial charge in [0.2, 0.25) is 0 Å². The fourth-order valence-corrected chi connectivity index (χ4v) is 5.94. The Labute approximate surface area is 244 Å². The highest BCUT2D eigenvalue weighted by molar-refractivity contribution is 6.22. The van der Waals surface area contributed by atoms with Crippen LogP contribution in [0.3, 0.4) is 0 Å². The van der Waals surface area contributed by atoms with Crippen LogP contribution >= 0.6 is 0 Å². The van der Waals surface area contributed by atoms with E-state index in [-0.39, 0.29) is 10.8 Å². The van der Waals surface area contributed by atoms with E-state index in [1.54, 1.807) is 0 Å². The smallest absolute Gasteiger partial charge is 0.0791 e. The van der Waals surface area contributed by atoms with E-state index in [1.807, 2.05) is 0 Å². The Balaban J connectivity index is 1.49. The summed E-state index contributed by atoms with van der Waals surface area (Å²) in [6.07, 6.45) is 2.23. The minimum Gasteiger partial charge on any atom is -0.354 e. The van der Waals surface area contributed by atoms with E-state index >= 15 is 0 Å². The van der Waals surface area contributed by atoms with Crippen LogP contribution in [0.25, 0.3) is 33.8 Å². The summed E-state index contributed by atoms with van der Waals surface area (Å²) in [4.78, 5) is 9.08. The van der Waals surface area contributed by atoms with Gasteiger partial charge in [-0.15, -0.1) is 0 Å². The monoisotopic (exact) mass is 536 g/mol. The molecule has 41 heavy (non-hydrogen) atoms. The molecule has 0 spiro atoms. The number of aliphatic imine (C=N–C) groups is 1. The molecular formula is C39H40N2. The fraction of sp³-hybridized carbons (Fsp3) is 0.256. The molecule has 0 saturated carbocycles. The molecule has 0 atom stereocenters. The Morgan fingerprint density at radius 1 is 0.585 bits per heavy atom. The van der Waals surface area contributed by atoms with Gasteiger partial charge in [0.1, 0.15) is 0 Å². The van der Waals surface area contributed by atoms with Crippen LogP contribution in [-0.4, -0.2) is 10.7 Å². The van der Waals surface area contributed by atoms with Gasteiger partial charge in [0.25, 0.3) is 0 Å². The largest absolute Gasteiger partial charge is 0.354 e. The summed E-state index contributed by atoms with van der Waals surface area (Å²) in [6, 6.07) is 31.0. The van der Waals surface area contributed by atoms with Crippen molar-refractivity contribution in [2.24, 2.45) is 4.99 Å². The van der Waals surface area contributed by atoms with Crippen molar-refractivity contribution in [3.63, 3.8) is 0 Å². The lowest BCUT2D eigenvalue weighted by Gasteiger charge is -2.20. The zero-order valence-electron chi connectivity index (χ0n) is 25.6. The SMILES string of the molecule is Cc1cc(C(C)(C)C)ccc1C1=NC(=Cc2[nH]c(-c3ccc(C(C)(C)C)cc3C)c3ccccc23)c2ccccc21. The third kappa shape index (κ3) is 4.86. The van der Waals surface area contributed by atoms with Crippen LogP contribution in [0.5, 0.6) is 0 Å². The van der Waals surface area contributed by atoms with Gasteiger partial charge in [-0.05, 0) is 53.0 Å². The molecule has 1 aromatic heterocycles. The highest BCUT2D eigenvalue weighted by atomic mass is 14.8. The van der Waals surface area contributed by atoms with E-state index in [0.29, 0.717) is 0 Å². The number of aryl methyl sites for hydroxylation is 2. The van der Waals surface area contributed by atoms with Crippen LogP contribution in [0, 0.1) is 13.8 Å². The van der Waals surface area contributed by atoms with Gasteiger partial charge in [-0.3, -0.25) is 0 Å². The van der Waals surface area contributed by atoms with Gasteiger partial charge in [-0.2, -0.15) is 0 Å². The van der Waals surface area contributed by atoms with Gasteiger partial charge in [-0.25, -0.2) is 4.99 Å². The molecule has 0 radical (unpaired) electrons. The molecule has 0 fully saturated rings. The molecule has 1 aliphatic heterocycles. The first-order chi connectivity index (χ1) is 19.4. The van der Waals surface area contributed by atoms with Gasteiger partial charge < -0.3 is 4.98 Å². The van der Waals surface area contributed by atoms with Crippen molar-refractivity contribution in [3.8, 4) is 11.3 Å². The first kappa shape index (κ1) is 27.0. The van der Waals surface area contributed by atoms with Crippen molar-refractivity contribution in [2.75, 3.05) is 0 Å². The molecule has 5 aromatic rings. The minimum atomic E-state index is 0.113. The average Bonchev–Trinajstić information content (AvgIpc) is 3.46. The summed E-state index contributed by atoms with van der Waals surface area (Å²) >= 11 is 0. The average molecular weight is 537 g/mol. The summed E-state index contributed by atoms with van der Waals surface area (Å²) in [7, 11) is 0. The number of hydrogen-bond donors (Lipinski definition) is 1. The van der Waals surface area contributed by atoms with E-state index in [0.717, 1.165) is 22.8 Å². The van der Waals surface area contributed by atoms with Crippen LogP contribution in [-0.2, 0) is 10.8 Å². The number of nitrogens with zero attached hydrogens (tertiary/aromatic N) is 1. The predicted molar refractivity (Wildman–Crippen MR) is 177 cm³/mol. The maximum Gasteiger partial charge on any atom is 0.0791 e. The first-order valence-electron chi connectivity index (χ1n) is 14.7. The summed E-state index contributed by atoms with van der Waals surface area (Å²) in [5.74, 6) is 0. The molecule has 0 unspecified atom stereocenters. The maximum atomic E-state index is 5.28. The quantitative estimate of drug-likeness (QED) is 0.238. The van der Waals surface area contributed by atoms with Crippen molar-refractivity contribution in [3.05, 3.63) is 130 Å². The number of hydrogen-bond acceptors (Lipinski definition) is 1. The van der Waals surface area contributed by atoms with Crippen molar-refractivity contribution in [1.29, 1.82) is 0 Å². The number of nitrogens with one attached hydrogen (secondary N) is 1. The summed E-state index contributed by atoms with van der Waals surface area (Å²) in [5.41, 5.74) is 14.6. The number of fused-ring (bicyclic) bond motifs is 2. The van der Waals surface area contributed by atoms with E-state index in [9.17, 15) is 0 Å². The molecule has 4 aromatic carbocycles. The third-order valence-corrected chi connectivity index (χ3v) is 8.43. The summed E-state index contributed by atoms with van der Waals surface area (Å²) in [6.45, 7) is 18.0. The minimum absolute atomic E-state index is 0.113. The maximum absolute atomic E-state index is 5.28. The molecule has 1 aliphatic rings. The zero-order chi connectivity index (χ0) is 29.1. The number of H-pyrrole nitrogens is 1. The molecule has 0 aliphatic carbocycles. The van der Waals surface area contributed by atoms with Crippen LogP contribution in [0.15, 0.2) is 89.9 Å². The molecule has 2 heteroatoms. The van der Waals surface area contributed by atoms with Gasteiger partial charge in [0.15, 0.2) is 0 Å². The van der Waals surface area contributed by atoms with Crippen molar-refractivity contribution >= 4 is 28.3 Å². The Kier molecular flexibility index (Phi) is 6.41. The second-order valence-corrected chi connectivity index (χ2v) is 13.6. The van der Waals surface area contributed by atoms with Gasteiger partial charge >= 0.3 is 0 Å². The summed E-state index contributed by atoms with van der Waals surface area (Å²) < 4.78 is 0. The van der Waals surface area contributed by atoms with Crippen LogP contribution in [0.2, 0.25) is 0 Å². The van der Waals surface area contributed by atoms with E-state index in [2.05, 4.69) is 151 Å². The molecule has 206 valence electrons. The molecule has 2 nitrogen and oxygen atoms in total. The number of rotatable bonds is 3. The molecule has 0 amide bonds. The zero-order valence-corrected chi connectivity index (χ0v) is 25.6. The third-order valence-electron chi connectivity index (χ3n) is 8.43. The van der Waals surface area contributed by atoms with E-state index in [4.69, 9.17) is 4.99 Å². The van der Waals surface area contributed by atoms with Gasteiger partial charge in [-0.1, -0.05) is 126 Å². The lowest BCUT2D eigenvalue weighted by Crippen LogP contribution is -2.12. The molecule has 6 rings (SSSR count). The summed E-state index contributed by atoms with van der Waals surface area (Å²) in [5, 5.41) is 2.44.